The van der Waals surface area contributed by atoms with Gasteiger partial charge in [-0.2, -0.15) is 4.98 Å². The minimum atomic E-state index is -4.46. The molecule has 0 unspecified atom stereocenters. The van der Waals surface area contributed by atoms with Gasteiger partial charge in [0.2, 0.25) is 5.95 Å². The number of fused-ring (bicyclic) bond motifs is 1. The van der Waals surface area contributed by atoms with Crippen LogP contribution in [0.5, 0.6) is 0 Å². The Hall–Kier alpha value is -1.82. The molecule has 0 radical (unpaired) electrons. The normalized spacial score (nSPS) is 21.9. The van der Waals surface area contributed by atoms with Crippen LogP contribution in [0.4, 0.5) is 5.95 Å². The lowest BCUT2D eigenvalue weighted by Gasteiger charge is -2.12. The third-order valence-corrected chi connectivity index (χ3v) is 3.72. The Labute approximate surface area is 123 Å². The minimum Gasteiger partial charge on any atom is -0.369 e. The van der Waals surface area contributed by atoms with Crippen LogP contribution in [-0.2, 0) is 20.6 Å². The molecule has 0 spiro atoms. The van der Waals surface area contributed by atoms with Crippen molar-refractivity contribution in [2.75, 3.05) is 12.3 Å². The fraction of sp³-hybridized carbons (Fsp3) is 0.444. The van der Waals surface area contributed by atoms with Crippen LogP contribution in [0, 0.1) is 0 Å². The first-order valence-electron chi connectivity index (χ1n) is 5.87. The van der Waals surface area contributed by atoms with E-state index < -0.39 is 25.3 Å². The van der Waals surface area contributed by atoms with Gasteiger partial charge in [0.05, 0.1) is 19.5 Å². The highest BCUT2D eigenvalue weighted by Gasteiger charge is 2.39. The van der Waals surface area contributed by atoms with Crippen LogP contribution >= 0.6 is 7.60 Å². The first-order chi connectivity index (χ1) is 9.84. The van der Waals surface area contributed by atoms with Crippen molar-refractivity contribution in [1.82, 2.24) is 25.7 Å². The lowest BCUT2D eigenvalue weighted by molar-refractivity contribution is -0.0146. The molecule has 8 N–H and O–H groups in total. The van der Waals surface area contributed by atoms with Gasteiger partial charge in [-0.05, 0) is 0 Å². The van der Waals surface area contributed by atoms with Gasteiger partial charge in [0, 0.05) is 0 Å². The first kappa shape index (κ1) is 16.5. The molecule has 13 heteroatoms. The summed E-state index contributed by atoms with van der Waals surface area (Å²) in [5, 5.41) is 0. The monoisotopic (exact) mass is 334 g/mol. The number of aromatic nitrogens is 4. The molecule has 3 rings (SSSR count). The van der Waals surface area contributed by atoms with E-state index >= 15 is 0 Å². The zero-order valence-electron chi connectivity index (χ0n) is 11.2. The lowest BCUT2D eigenvalue weighted by atomic mass is 10.4. The number of nitrogen functional groups attached to an aromatic ring is 1. The number of ether oxygens (including phenoxy) is 2. The number of imidazole rings is 1. The highest BCUT2D eigenvalue weighted by molar-refractivity contribution is 7.52. The molecular weight excluding hydrogens is 319 g/mol. The Kier molecular flexibility index (Phi) is 4.33. The second kappa shape index (κ2) is 5.76. The smallest absolute Gasteiger partial charge is 0.369 e. The fourth-order valence-electron chi connectivity index (χ4n) is 2.03. The van der Waals surface area contributed by atoms with Gasteiger partial charge in [-0.1, -0.05) is 0 Å². The second-order valence-corrected chi connectivity index (χ2v) is 6.11. The predicted octanol–water partition coefficient (Wildman–Crippen LogP) is -1.26. The molecule has 12 nitrogen and oxygen atoms in total. The number of aromatic amines is 1. The van der Waals surface area contributed by atoms with Crippen molar-refractivity contribution < 1.29 is 23.8 Å². The average molecular weight is 334 g/mol. The maximum Gasteiger partial charge on any atom is 0.381 e. The number of H-pyrrole nitrogens is 1. The Balaban J connectivity index is 0.00000176. The lowest BCUT2D eigenvalue weighted by Crippen LogP contribution is -2.20. The summed E-state index contributed by atoms with van der Waals surface area (Å²) >= 11 is 0. The maximum absolute atomic E-state index is 11.6. The van der Waals surface area contributed by atoms with E-state index in [0.29, 0.717) is 0 Å². The third-order valence-electron chi connectivity index (χ3n) is 2.90. The van der Waals surface area contributed by atoms with Crippen molar-refractivity contribution in [3.63, 3.8) is 0 Å². The SMILES string of the molecule is N.Nc1nc2c(ncn2C[C@@H]2CO[C@@H](P(=O)(O)O)O2)c(=O)[nH]1. The van der Waals surface area contributed by atoms with Crippen molar-refractivity contribution >= 4 is 24.7 Å². The molecule has 1 saturated heterocycles. The van der Waals surface area contributed by atoms with Crippen LogP contribution in [0.3, 0.4) is 0 Å². The molecule has 22 heavy (non-hydrogen) atoms. The number of nitrogens with two attached hydrogens (primary N) is 1. The largest absolute Gasteiger partial charge is 0.381 e. The number of nitrogens with zero attached hydrogens (tertiary/aromatic N) is 3. The number of hydrogen-bond acceptors (Lipinski definition) is 8. The molecule has 122 valence electrons. The summed E-state index contributed by atoms with van der Waals surface area (Å²) in [5.41, 5.74) is 5.39. The van der Waals surface area contributed by atoms with E-state index in [1.165, 1.54) is 10.9 Å². The second-order valence-electron chi connectivity index (χ2n) is 4.51. The summed E-state index contributed by atoms with van der Waals surface area (Å²) in [6.07, 6.45) is 0.780. The number of hydrogen-bond donors (Lipinski definition) is 5. The van der Waals surface area contributed by atoms with Crippen LogP contribution in [0.2, 0.25) is 0 Å². The van der Waals surface area contributed by atoms with E-state index in [1.807, 2.05) is 0 Å². The van der Waals surface area contributed by atoms with Crippen molar-refractivity contribution in [2.45, 2.75) is 18.7 Å². The molecule has 0 amide bonds. The topological polar surface area (TPSA) is 201 Å². The van der Waals surface area contributed by atoms with Crippen LogP contribution in [0.1, 0.15) is 0 Å². The summed E-state index contributed by atoms with van der Waals surface area (Å²) in [4.78, 5) is 39.8. The minimum absolute atomic E-state index is 0. The highest BCUT2D eigenvalue weighted by atomic mass is 31.2. The molecule has 0 saturated carbocycles. The van der Waals surface area contributed by atoms with Gasteiger partial charge in [0.1, 0.15) is 6.10 Å². The Morgan fingerprint density at radius 3 is 2.91 bits per heavy atom. The van der Waals surface area contributed by atoms with Gasteiger partial charge in [-0.15, -0.1) is 0 Å². The molecule has 0 bridgehead atoms. The molecule has 0 aliphatic carbocycles. The summed E-state index contributed by atoms with van der Waals surface area (Å²) in [6.45, 7) is 0.178. The van der Waals surface area contributed by atoms with Crippen molar-refractivity contribution in [1.29, 1.82) is 0 Å². The van der Waals surface area contributed by atoms with Crippen molar-refractivity contribution in [3.05, 3.63) is 16.7 Å². The van der Waals surface area contributed by atoms with Crippen LogP contribution in [0.15, 0.2) is 11.1 Å². The molecule has 2 atom stereocenters. The van der Waals surface area contributed by atoms with Gasteiger partial charge in [-0.3, -0.25) is 14.3 Å². The predicted molar refractivity (Wildman–Crippen MR) is 74.2 cm³/mol. The molecule has 1 fully saturated rings. The summed E-state index contributed by atoms with van der Waals surface area (Å²) in [5.74, 6) is -0.0501. The highest BCUT2D eigenvalue weighted by Crippen LogP contribution is 2.45. The standard InChI is InChI=1S/C9H12N5O6P.H3N/c10-8-12-6-5(7(15)13-8)11-3-14(6)1-4-2-19-9(20-4)21(16,17)18;/h3-4,9H,1-2H2,(H2,16,17,18)(H3,10,12,13,15);1H3/t4-,9-;/m1./s1. The van der Waals surface area contributed by atoms with E-state index in [9.17, 15) is 9.36 Å². The van der Waals surface area contributed by atoms with Gasteiger partial charge in [0.15, 0.2) is 11.2 Å². The Morgan fingerprint density at radius 1 is 1.55 bits per heavy atom. The van der Waals surface area contributed by atoms with Crippen molar-refractivity contribution in [3.8, 4) is 0 Å². The Bertz CT molecular complexity index is 782. The molecule has 2 aromatic heterocycles. The third kappa shape index (κ3) is 3.02. The van der Waals surface area contributed by atoms with Gasteiger partial charge in [-0.25, -0.2) is 4.98 Å². The summed E-state index contributed by atoms with van der Waals surface area (Å²) in [7, 11) is -4.46. The molecule has 0 aromatic carbocycles. The van der Waals surface area contributed by atoms with E-state index in [-0.39, 0.29) is 36.4 Å². The zero-order chi connectivity index (χ0) is 15.2. The van der Waals surface area contributed by atoms with Gasteiger partial charge < -0.3 is 35.7 Å². The Morgan fingerprint density at radius 2 is 2.27 bits per heavy atom. The van der Waals surface area contributed by atoms with E-state index in [1.54, 1.807) is 0 Å². The van der Waals surface area contributed by atoms with Crippen LogP contribution in [0.25, 0.3) is 11.2 Å². The van der Waals surface area contributed by atoms with Gasteiger partial charge >= 0.3 is 7.60 Å². The first-order valence-corrected chi connectivity index (χ1v) is 7.55. The number of rotatable bonds is 3. The van der Waals surface area contributed by atoms with E-state index in [0.717, 1.165) is 0 Å². The average Bonchev–Trinajstić information content (AvgIpc) is 2.97. The van der Waals surface area contributed by atoms with Crippen LogP contribution < -0.4 is 17.4 Å². The molecule has 2 aromatic rings. The van der Waals surface area contributed by atoms with Crippen LogP contribution in [-0.4, -0.2) is 48.0 Å². The summed E-state index contributed by atoms with van der Waals surface area (Å²) < 4.78 is 22.6. The fourth-order valence-corrected chi connectivity index (χ4v) is 2.64. The molecule has 1 aliphatic rings. The maximum atomic E-state index is 11.6. The summed E-state index contributed by atoms with van der Waals surface area (Å²) in [6, 6.07) is -1.57. The number of anilines is 1. The van der Waals surface area contributed by atoms with Gasteiger partial charge in [0.25, 0.3) is 11.6 Å². The molecular formula is C9H15N6O6P. The zero-order valence-corrected chi connectivity index (χ0v) is 12.1. The quantitative estimate of drug-likeness (QED) is 0.422. The van der Waals surface area contributed by atoms with Crippen molar-refractivity contribution in [2.24, 2.45) is 0 Å². The number of nitrogens with one attached hydrogen (secondary N) is 1. The molecule has 1 aliphatic heterocycles. The molecule has 3 heterocycles. The van der Waals surface area contributed by atoms with E-state index in [4.69, 9.17) is 25.0 Å². The van der Waals surface area contributed by atoms with E-state index in [2.05, 4.69) is 15.0 Å².